The van der Waals surface area contributed by atoms with E-state index in [0.717, 1.165) is 11.4 Å². The van der Waals surface area contributed by atoms with Crippen molar-refractivity contribution in [3.8, 4) is 0 Å². The van der Waals surface area contributed by atoms with Crippen molar-refractivity contribution in [1.29, 1.82) is 0 Å². The Morgan fingerprint density at radius 3 is 2.33 bits per heavy atom. The van der Waals surface area contributed by atoms with E-state index in [4.69, 9.17) is 11.6 Å². The van der Waals surface area contributed by atoms with Crippen LogP contribution in [0, 0.1) is 13.8 Å². The molecule has 2 nitrogen and oxygen atoms in total. The molecule has 0 saturated heterocycles. The highest BCUT2D eigenvalue weighted by Gasteiger charge is 2.03. The molecule has 0 fully saturated rings. The second kappa shape index (κ2) is 6.59. The molecule has 0 unspecified atom stereocenters. The Labute approximate surface area is 130 Å². The van der Waals surface area contributed by atoms with Gasteiger partial charge < -0.3 is 5.32 Å². The van der Waals surface area contributed by atoms with Gasteiger partial charge in [-0.3, -0.25) is 4.79 Å². The lowest BCUT2D eigenvalue weighted by Gasteiger charge is -2.09. The fraction of sp³-hybridized carbons (Fsp3) is 0.167. The first kappa shape index (κ1) is 15.3. The van der Waals surface area contributed by atoms with Crippen LogP contribution in [-0.2, 0) is 0 Å². The molecule has 3 heteroatoms. The average Bonchev–Trinajstić information content (AvgIpc) is 2.43. The smallest absolute Gasteiger partial charge is 0.187 e. The minimum absolute atomic E-state index is 0.0412. The zero-order valence-corrected chi connectivity index (χ0v) is 13.2. The van der Waals surface area contributed by atoms with E-state index >= 15 is 0 Å². The van der Waals surface area contributed by atoms with Crippen molar-refractivity contribution in [2.24, 2.45) is 0 Å². The monoisotopic (exact) mass is 299 g/mol. The number of carbonyl (C=O) groups excluding carboxylic acids is 1. The van der Waals surface area contributed by atoms with Crippen molar-refractivity contribution in [2.75, 3.05) is 5.32 Å². The van der Waals surface area contributed by atoms with Gasteiger partial charge in [-0.1, -0.05) is 17.7 Å². The summed E-state index contributed by atoms with van der Waals surface area (Å²) in [6.45, 7) is 6.02. The molecule has 0 heterocycles. The van der Waals surface area contributed by atoms with Gasteiger partial charge in [-0.2, -0.15) is 0 Å². The van der Waals surface area contributed by atoms with Crippen molar-refractivity contribution in [3.05, 3.63) is 76.0 Å². The summed E-state index contributed by atoms with van der Waals surface area (Å²) in [5.41, 5.74) is 4.88. The van der Waals surface area contributed by atoms with Crippen LogP contribution in [0.4, 0.5) is 5.69 Å². The van der Waals surface area contributed by atoms with E-state index < -0.39 is 0 Å². The SMILES string of the molecule is CC(=CC(=O)c1ccc(Cl)cc1)Nc1ccc(C)c(C)c1. The lowest BCUT2D eigenvalue weighted by molar-refractivity contribution is 0.104. The van der Waals surface area contributed by atoms with Crippen LogP contribution >= 0.6 is 11.6 Å². The van der Waals surface area contributed by atoms with Crippen molar-refractivity contribution < 1.29 is 4.79 Å². The molecule has 0 spiro atoms. The Morgan fingerprint density at radius 2 is 1.71 bits per heavy atom. The zero-order chi connectivity index (χ0) is 15.4. The normalized spacial score (nSPS) is 11.3. The lowest BCUT2D eigenvalue weighted by atomic mass is 10.1. The van der Waals surface area contributed by atoms with Gasteiger partial charge in [0.2, 0.25) is 0 Å². The van der Waals surface area contributed by atoms with Crippen molar-refractivity contribution in [2.45, 2.75) is 20.8 Å². The predicted molar refractivity (Wildman–Crippen MR) is 89.1 cm³/mol. The molecule has 0 aromatic heterocycles. The standard InChI is InChI=1S/C18H18ClNO/c1-12-4-9-17(10-13(12)2)20-14(3)11-18(21)15-5-7-16(19)8-6-15/h4-11,20H,1-3H3. The van der Waals surface area contributed by atoms with E-state index in [1.165, 1.54) is 11.1 Å². The van der Waals surface area contributed by atoms with Crippen LogP contribution in [0.1, 0.15) is 28.4 Å². The summed E-state index contributed by atoms with van der Waals surface area (Å²) in [4.78, 5) is 12.1. The van der Waals surface area contributed by atoms with Gasteiger partial charge >= 0.3 is 0 Å². The Balaban J connectivity index is 2.11. The number of ketones is 1. The summed E-state index contributed by atoms with van der Waals surface area (Å²) in [7, 11) is 0. The Kier molecular flexibility index (Phi) is 4.81. The first-order valence-corrected chi connectivity index (χ1v) is 7.16. The van der Waals surface area contributed by atoms with Crippen LogP contribution in [0.25, 0.3) is 0 Å². The third-order valence-electron chi connectivity index (χ3n) is 3.32. The molecule has 0 saturated carbocycles. The highest BCUT2D eigenvalue weighted by Crippen LogP contribution is 2.16. The summed E-state index contributed by atoms with van der Waals surface area (Å²) in [6.07, 6.45) is 1.60. The van der Waals surface area contributed by atoms with Gasteiger partial charge in [-0.25, -0.2) is 0 Å². The van der Waals surface area contributed by atoms with Crippen molar-refractivity contribution >= 4 is 23.1 Å². The van der Waals surface area contributed by atoms with E-state index in [2.05, 4.69) is 31.3 Å². The molecule has 0 aliphatic carbocycles. The van der Waals surface area contributed by atoms with Crippen molar-refractivity contribution in [3.63, 3.8) is 0 Å². The topological polar surface area (TPSA) is 29.1 Å². The molecular weight excluding hydrogens is 282 g/mol. The number of benzene rings is 2. The Morgan fingerprint density at radius 1 is 1.05 bits per heavy atom. The van der Waals surface area contributed by atoms with Gasteiger partial charge in [0.25, 0.3) is 0 Å². The first-order valence-electron chi connectivity index (χ1n) is 6.78. The number of carbonyl (C=O) groups is 1. The van der Waals surface area contributed by atoms with Gasteiger partial charge in [0, 0.05) is 28.0 Å². The number of aryl methyl sites for hydroxylation is 2. The summed E-state index contributed by atoms with van der Waals surface area (Å²) >= 11 is 5.82. The molecule has 21 heavy (non-hydrogen) atoms. The van der Waals surface area contributed by atoms with Crippen LogP contribution < -0.4 is 5.32 Å². The van der Waals surface area contributed by atoms with Gasteiger partial charge in [-0.05, 0) is 68.3 Å². The molecule has 0 bridgehead atoms. The molecule has 0 amide bonds. The van der Waals surface area contributed by atoms with Crippen molar-refractivity contribution in [1.82, 2.24) is 0 Å². The third kappa shape index (κ3) is 4.20. The fourth-order valence-electron chi connectivity index (χ4n) is 1.98. The Hall–Kier alpha value is -2.06. The third-order valence-corrected chi connectivity index (χ3v) is 3.58. The molecular formula is C18H18ClNO. The van der Waals surface area contributed by atoms with E-state index in [1.54, 1.807) is 30.3 Å². The van der Waals surface area contributed by atoms with E-state index in [-0.39, 0.29) is 5.78 Å². The maximum Gasteiger partial charge on any atom is 0.187 e. The maximum absolute atomic E-state index is 12.1. The minimum Gasteiger partial charge on any atom is -0.359 e. The van der Waals surface area contributed by atoms with E-state index in [9.17, 15) is 4.79 Å². The number of anilines is 1. The number of halogens is 1. The number of hydrogen-bond acceptors (Lipinski definition) is 2. The molecule has 108 valence electrons. The van der Waals surface area contributed by atoms with E-state index in [1.807, 2.05) is 13.0 Å². The van der Waals surface area contributed by atoms with Crippen LogP contribution in [-0.4, -0.2) is 5.78 Å². The van der Waals surface area contributed by atoms with E-state index in [0.29, 0.717) is 10.6 Å². The van der Waals surface area contributed by atoms with Gasteiger partial charge in [0.1, 0.15) is 0 Å². The van der Waals surface area contributed by atoms with Gasteiger partial charge in [-0.15, -0.1) is 0 Å². The van der Waals surface area contributed by atoms with Gasteiger partial charge in [0.05, 0.1) is 0 Å². The average molecular weight is 300 g/mol. The Bertz CT molecular complexity index is 687. The molecule has 0 aliphatic heterocycles. The summed E-state index contributed by atoms with van der Waals surface area (Å²) < 4.78 is 0. The molecule has 0 atom stereocenters. The molecule has 2 rings (SSSR count). The maximum atomic E-state index is 12.1. The summed E-state index contributed by atoms with van der Waals surface area (Å²) in [5, 5.41) is 3.86. The predicted octanol–water partition coefficient (Wildman–Crippen LogP) is 5.16. The van der Waals surface area contributed by atoms with Crippen LogP contribution in [0.15, 0.2) is 54.2 Å². The lowest BCUT2D eigenvalue weighted by Crippen LogP contribution is -2.01. The van der Waals surface area contributed by atoms with Crippen LogP contribution in [0.5, 0.6) is 0 Å². The fourth-order valence-corrected chi connectivity index (χ4v) is 2.10. The van der Waals surface area contributed by atoms with Crippen LogP contribution in [0.2, 0.25) is 5.02 Å². The number of hydrogen-bond donors (Lipinski definition) is 1. The number of rotatable bonds is 4. The second-order valence-corrected chi connectivity index (χ2v) is 5.56. The second-order valence-electron chi connectivity index (χ2n) is 5.12. The van der Waals surface area contributed by atoms with Crippen LogP contribution in [0.3, 0.4) is 0 Å². The quantitative estimate of drug-likeness (QED) is 0.624. The first-order chi connectivity index (χ1) is 9.95. The number of allylic oxidation sites excluding steroid dienone is 2. The molecule has 2 aromatic rings. The molecule has 0 aliphatic rings. The highest BCUT2D eigenvalue weighted by molar-refractivity contribution is 6.30. The summed E-state index contributed by atoms with van der Waals surface area (Å²) in [6, 6.07) is 13.0. The van der Waals surface area contributed by atoms with Gasteiger partial charge in [0.15, 0.2) is 5.78 Å². The molecule has 0 radical (unpaired) electrons. The molecule has 2 aromatic carbocycles. The largest absolute Gasteiger partial charge is 0.359 e. The zero-order valence-electron chi connectivity index (χ0n) is 12.4. The summed E-state index contributed by atoms with van der Waals surface area (Å²) in [5.74, 6) is -0.0412. The number of nitrogens with one attached hydrogen (secondary N) is 1. The minimum atomic E-state index is -0.0412. The highest BCUT2D eigenvalue weighted by atomic mass is 35.5. The molecule has 1 N–H and O–H groups in total.